The lowest BCUT2D eigenvalue weighted by molar-refractivity contribution is -0.149. The molecule has 154 valence electrons. The molecule has 0 rings (SSSR count). The van der Waals surface area contributed by atoms with Gasteiger partial charge in [0.05, 0.1) is 19.1 Å². The second-order valence-corrected chi connectivity index (χ2v) is 8.37. The van der Waals surface area contributed by atoms with E-state index in [4.69, 9.17) is 9.47 Å². The maximum Gasteiger partial charge on any atom is 0.308 e. The van der Waals surface area contributed by atoms with Crippen molar-refractivity contribution in [1.29, 1.82) is 0 Å². The Bertz CT molecular complexity index is 363. The van der Waals surface area contributed by atoms with E-state index in [9.17, 15) is 9.59 Å². The van der Waals surface area contributed by atoms with Gasteiger partial charge in [0, 0.05) is 6.42 Å². The van der Waals surface area contributed by atoms with Gasteiger partial charge in [-0.15, -0.1) is 0 Å². The first-order valence-electron chi connectivity index (χ1n) is 10.6. The minimum Gasteiger partial charge on any atom is -0.465 e. The van der Waals surface area contributed by atoms with E-state index in [-0.39, 0.29) is 17.9 Å². The standard InChI is InChI=1S/C22H42O4/c1-18(2)16-25-21(23)15-13-11-9-7-6-8-10-12-14-20(5)22(24)26-17-19(3)4/h18-20H,6-17H2,1-5H3. The number of hydrogen-bond donors (Lipinski definition) is 0. The second-order valence-electron chi connectivity index (χ2n) is 8.37. The third-order valence-electron chi connectivity index (χ3n) is 4.31. The van der Waals surface area contributed by atoms with Gasteiger partial charge in [-0.2, -0.15) is 0 Å². The van der Waals surface area contributed by atoms with Crippen molar-refractivity contribution in [3.05, 3.63) is 0 Å². The van der Waals surface area contributed by atoms with Crippen LogP contribution in [-0.4, -0.2) is 25.2 Å². The number of hydrogen-bond acceptors (Lipinski definition) is 4. The molecule has 0 aromatic rings. The minimum absolute atomic E-state index is 0.0178. The van der Waals surface area contributed by atoms with Crippen molar-refractivity contribution < 1.29 is 19.1 Å². The maximum atomic E-state index is 11.8. The molecule has 0 fully saturated rings. The summed E-state index contributed by atoms with van der Waals surface area (Å²) in [7, 11) is 0. The summed E-state index contributed by atoms with van der Waals surface area (Å²) in [5.74, 6) is 0.721. The molecule has 0 amide bonds. The molecule has 0 radical (unpaired) electrons. The van der Waals surface area contributed by atoms with Crippen LogP contribution in [-0.2, 0) is 19.1 Å². The zero-order valence-corrected chi connectivity index (χ0v) is 17.9. The van der Waals surface area contributed by atoms with Crippen LogP contribution in [0.2, 0.25) is 0 Å². The number of carbonyl (C=O) groups is 2. The van der Waals surface area contributed by atoms with Crippen LogP contribution in [0.4, 0.5) is 0 Å². The predicted molar refractivity (Wildman–Crippen MR) is 107 cm³/mol. The van der Waals surface area contributed by atoms with Gasteiger partial charge in [0.15, 0.2) is 0 Å². The van der Waals surface area contributed by atoms with Gasteiger partial charge in [0.25, 0.3) is 0 Å². The van der Waals surface area contributed by atoms with Crippen LogP contribution in [0.15, 0.2) is 0 Å². The van der Waals surface area contributed by atoms with E-state index >= 15 is 0 Å². The molecule has 0 N–H and O–H groups in total. The zero-order chi connectivity index (χ0) is 19.8. The van der Waals surface area contributed by atoms with Crippen molar-refractivity contribution in [1.82, 2.24) is 0 Å². The van der Waals surface area contributed by atoms with Crippen molar-refractivity contribution in [2.75, 3.05) is 13.2 Å². The van der Waals surface area contributed by atoms with E-state index in [2.05, 4.69) is 13.8 Å². The fourth-order valence-electron chi connectivity index (χ4n) is 2.62. The Balaban J connectivity index is 3.38. The summed E-state index contributed by atoms with van der Waals surface area (Å²) >= 11 is 0. The van der Waals surface area contributed by atoms with Crippen molar-refractivity contribution >= 4 is 11.9 Å². The molecule has 0 bridgehead atoms. The molecule has 0 aromatic carbocycles. The third-order valence-corrected chi connectivity index (χ3v) is 4.31. The summed E-state index contributed by atoms with van der Waals surface area (Å²) in [5.41, 5.74) is 0. The molecular weight excluding hydrogens is 328 g/mol. The van der Waals surface area contributed by atoms with E-state index in [0.29, 0.717) is 31.5 Å². The fourth-order valence-corrected chi connectivity index (χ4v) is 2.62. The average molecular weight is 371 g/mol. The van der Waals surface area contributed by atoms with E-state index < -0.39 is 0 Å². The van der Waals surface area contributed by atoms with Crippen LogP contribution >= 0.6 is 0 Å². The highest BCUT2D eigenvalue weighted by Crippen LogP contribution is 2.15. The molecule has 4 heteroatoms. The molecule has 26 heavy (non-hydrogen) atoms. The summed E-state index contributed by atoms with van der Waals surface area (Å²) in [6.07, 6.45) is 10.7. The lowest BCUT2D eigenvalue weighted by Crippen LogP contribution is -2.17. The van der Waals surface area contributed by atoms with Gasteiger partial charge in [-0.1, -0.05) is 79.6 Å². The van der Waals surface area contributed by atoms with Crippen LogP contribution in [0.3, 0.4) is 0 Å². The summed E-state index contributed by atoms with van der Waals surface area (Å²) < 4.78 is 10.4. The molecule has 0 heterocycles. The topological polar surface area (TPSA) is 52.6 Å². The number of esters is 2. The van der Waals surface area contributed by atoms with Crippen LogP contribution in [0.25, 0.3) is 0 Å². The second kappa shape index (κ2) is 16.1. The zero-order valence-electron chi connectivity index (χ0n) is 17.9. The highest BCUT2D eigenvalue weighted by atomic mass is 16.5. The minimum atomic E-state index is -0.0558. The highest BCUT2D eigenvalue weighted by Gasteiger charge is 2.14. The smallest absolute Gasteiger partial charge is 0.308 e. The molecule has 0 aliphatic carbocycles. The number of ether oxygens (including phenoxy) is 2. The molecule has 1 atom stereocenters. The molecule has 4 nitrogen and oxygen atoms in total. The Morgan fingerprint density at radius 3 is 1.65 bits per heavy atom. The molecule has 0 saturated heterocycles. The van der Waals surface area contributed by atoms with E-state index in [1.165, 1.54) is 32.1 Å². The Hall–Kier alpha value is -1.06. The predicted octanol–water partition coefficient (Wildman–Crippen LogP) is 5.92. The maximum absolute atomic E-state index is 11.8. The quantitative estimate of drug-likeness (QED) is 0.250. The number of unbranched alkanes of at least 4 members (excludes halogenated alkanes) is 7. The van der Waals surface area contributed by atoms with Crippen LogP contribution < -0.4 is 0 Å². The lowest BCUT2D eigenvalue weighted by Gasteiger charge is -2.12. The number of carbonyl (C=O) groups excluding carboxylic acids is 2. The molecule has 0 aliphatic rings. The number of rotatable bonds is 16. The van der Waals surface area contributed by atoms with Crippen LogP contribution in [0.1, 0.15) is 98.8 Å². The Morgan fingerprint density at radius 1 is 0.654 bits per heavy atom. The first-order valence-corrected chi connectivity index (χ1v) is 10.6. The van der Waals surface area contributed by atoms with Gasteiger partial charge < -0.3 is 9.47 Å². The Kier molecular flexibility index (Phi) is 15.5. The molecule has 0 aromatic heterocycles. The van der Waals surface area contributed by atoms with Gasteiger partial charge in [0.1, 0.15) is 0 Å². The van der Waals surface area contributed by atoms with Gasteiger partial charge in [-0.3, -0.25) is 9.59 Å². The van der Waals surface area contributed by atoms with Crippen LogP contribution in [0.5, 0.6) is 0 Å². The van der Waals surface area contributed by atoms with E-state index in [1.807, 2.05) is 20.8 Å². The SMILES string of the molecule is CC(C)COC(=O)CCCCCCCCCCC(C)C(=O)OCC(C)C. The highest BCUT2D eigenvalue weighted by molar-refractivity contribution is 5.71. The molecular formula is C22H42O4. The van der Waals surface area contributed by atoms with E-state index in [0.717, 1.165) is 25.7 Å². The Labute approximate surface area is 161 Å². The van der Waals surface area contributed by atoms with Crippen molar-refractivity contribution in [2.24, 2.45) is 17.8 Å². The monoisotopic (exact) mass is 370 g/mol. The van der Waals surface area contributed by atoms with Gasteiger partial charge >= 0.3 is 11.9 Å². The molecule has 0 saturated carbocycles. The van der Waals surface area contributed by atoms with E-state index in [1.54, 1.807) is 0 Å². The van der Waals surface area contributed by atoms with Crippen molar-refractivity contribution in [3.8, 4) is 0 Å². The first kappa shape index (κ1) is 24.9. The van der Waals surface area contributed by atoms with Crippen molar-refractivity contribution in [2.45, 2.75) is 98.8 Å². The molecule has 0 aliphatic heterocycles. The summed E-state index contributed by atoms with van der Waals surface area (Å²) in [4.78, 5) is 23.3. The summed E-state index contributed by atoms with van der Waals surface area (Å²) in [6, 6.07) is 0. The lowest BCUT2D eigenvalue weighted by atomic mass is 10.0. The Morgan fingerprint density at radius 2 is 1.12 bits per heavy atom. The average Bonchev–Trinajstić information content (AvgIpc) is 2.58. The molecule has 1 unspecified atom stereocenters. The largest absolute Gasteiger partial charge is 0.465 e. The van der Waals surface area contributed by atoms with Gasteiger partial charge in [-0.05, 0) is 24.7 Å². The first-order chi connectivity index (χ1) is 12.3. The van der Waals surface area contributed by atoms with Gasteiger partial charge in [0.2, 0.25) is 0 Å². The van der Waals surface area contributed by atoms with Crippen LogP contribution in [0, 0.1) is 17.8 Å². The fraction of sp³-hybridized carbons (Fsp3) is 0.909. The molecule has 0 spiro atoms. The normalized spacial score (nSPS) is 12.4. The summed E-state index contributed by atoms with van der Waals surface area (Å²) in [5, 5.41) is 0. The van der Waals surface area contributed by atoms with Gasteiger partial charge in [-0.25, -0.2) is 0 Å². The third kappa shape index (κ3) is 16.4. The van der Waals surface area contributed by atoms with Crippen molar-refractivity contribution in [3.63, 3.8) is 0 Å². The summed E-state index contributed by atoms with van der Waals surface area (Å²) in [6.45, 7) is 11.2.